The van der Waals surface area contributed by atoms with Crippen LogP contribution >= 0.6 is 11.6 Å². The Bertz CT molecular complexity index is 659. The summed E-state index contributed by atoms with van der Waals surface area (Å²) in [4.78, 5) is 12.2. The molecule has 0 aliphatic heterocycles. The predicted octanol–water partition coefficient (Wildman–Crippen LogP) is 4.34. The Hall–Kier alpha value is -1.55. The average Bonchev–Trinajstić information content (AvgIpc) is 3.17. The Kier molecular flexibility index (Phi) is 5.14. The summed E-state index contributed by atoms with van der Waals surface area (Å²) in [7, 11) is 0. The van der Waals surface area contributed by atoms with Crippen LogP contribution in [0.15, 0.2) is 23.3 Å². The Morgan fingerprint density at radius 1 is 1.38 bits per heavy atom. The number of fused-ring (bicyclic) bond motifs is 2. The molecule has 4 nitrogen and oxygen atoms in total. The number of hydrogen-bond acceptors (Lipinski definition) is 3. The summed E-state index contributed by atoms with van der Waals surface area (Å²) in [5.41, 5.74) is 4.62. The van der Waals surface area contributed by atoms with Gasteiger partial charge in [-0.15, -0.1) is 0 Å². The number of aryl methyl sites for hydroxylation is 1. The lowest BCUT2D eigenvalue weighted by atomic mass is 9.86. The van der Waals surface area contributed by atoms with E-state index in [1.54, 1.807) is 19.1 Å². The van der Waals surface area contributed by atoms with Gasteiger partial charge in [-0.05, 0) is 75.6 Å². The van der Waals surface area contributed by atoms with E-state index in [4.69, 9.17) is 16.3 Å². The van der Waals surface area contributed by atoms with Crippen molar-refractivity contribution in [2.75, 3.05) is 0 Å². The second-order valence-corrected chi connectivity index (χ2v) is 7.62. The number of hydrazone groups is 1. The third-order valence-electron chi connectivity index (χ3n) is 5.43. The van der Waals surface area contributed by atoms with Crippen molar-refractivity contribution in [2.45, 2.75) is 52.6 Å². The summed E-state index contributed by atoms with van der Waals surface area (Å²) in [6.45, 7) is 5.66. The molecule has 0 spiro atoms. The zero-order valence-corrected chi connectivity index (χ0v) is 15.3. The fourth-order valence-corrected chi connectivity index (χ4v) is 4.29. The highest BCUT2D eigenvalue weighted by Gasteiger charge is 2.40. The molecular formula is C19H25ClN2O2. The second-order valence-electron chi connectivity index (χ2n) is 7.18. The van der Waals surface area contributed by atoms with Crippen LogP contribution in [-0.2, 0) is 4.79 Å². The normalized spacial score (nSPS) is 27.2. The number of carbonyl (C=O) groups is 1. The molecule has 4 unspecified atom stereocenters. The number of rotatable bonds is 5. The van der Waals surface area contributed by atoms with E-state index in [9.17, 15) is 4.79 Å². The Balaban J connectivity index is 1.55. The molecule has 130 valence electrons. The van der Waals surface area contributed by atoms with Gasteiger partial charge in [-0.3, -0.25) is 4.79 Å². The molecule has 1 aromatic rings. The fraction of sp³-hybridized carbons (Fsp3) is 0.579. The van der Waals surface area contributed by atoms with E-state index >= 15 is 0 Å². The number of amides is 1. The molecule has 0 heterocycles. The SMILES string of the molecule is CC(=NNC(=O)C(C)Oc1ccc(Cl)cc1C)C1CC2CCC1C2. The highest BCUT2D eigenvalue weighted by molar-refractivity contribution is 6.30. The minimum absolute atomic E-state index is 0.230. The maximum absolute atomic E-state index is 12.2. The molecule has 5 heteroatoms. The van der Waals surface area contributed by atoms with Crippen LogP contribution in [-0.4, -0.2) is 17.7 Å². The lowest BCUT2D eigenvalue weighted by Crippen LogP contribution is -2.34. The van der Waals surface area contributed by atoms with Crippen LogP contribution in [0.3, 0.4) is 0 Å². The highest BCUT2D eigenvalue weighted by Crippen LogP contribution is 2.48. The molecule has 1 N–H and O–H groups in total. The standard InChI is InChI=1S/C19H25ClN2O2/c1-11-8-16(20)6-7-18(11)24-13(3)19(23)22-21-12(2)17-10-14-4-5-15(17)9-14/h6-8,13-15,17H,4-5,9-10H2,1-3H3,(H,22,23). The molecule has 24 heavy (non-hydrogen) atoms. The molecule has 1 aromatic carbocycles. The third-order valence-corrected chi connectivity index (χ3v) is 5.66. The first-order chi connectivity index (χ1) is 11.4. The van der Waals surface area contributed by atoms with Crippen molar-refractivity contribution in [2.24, 2.45) is 22.9 Å². The van der Waals surface area contributed by atoms with Crippen LogP contribution in [0.2, 0.25) is 5.02 Å². The van der Waals surface area contributed by atoms with Crippen molar-refractivity contribution < 1.29 is 9.53 Å². The monoisotopic (exact) mass is 348 g/mol. The van der Waals surface area contributed by atoms with Gasteiger partial charge in [-0.1, -0.05) is 18.0 Å². The molecule has 2 aliphatic carbocycles. The Morgan fingerprint density at radius 3 is 2.79 bits per heavy atom. The lowest BCUT2D eigenvalue weighted by Gasteiger charge is -2.21. The number of halogens is 1. The van der Waals surface area contributed by atoms with Gasteiger partial charge < -0.3 is 4.74 Å². The van der Waals surface area contributed by atoms with Gasteiger partial charge in [0.2, 0.25) is 0 Å². The smallest absolute Gasteiger partial charge is 0.280 e. The molecule has 2 bridgehead atoms. The molecule has 0 aromatic heterocycles. The largest absolute Gasteiger partial charge is 0.481 e. The molecule has 0 radical (unpaired) electrons. The Morgan fingerprint density at radius 2 is 2.17 bits per heavy atom. The van der Waals surface area contributed by atoms with E-state index in [0.717, 1.165) is 23.1 Å². The summed E-state index contributed by atoms with van der Waals surface area (Å²) in [6.07, 6.45) is 4.63. The fourth-order valence-electron chi connectivity index (χ4n) is 4.06. The van der Waals surface area contributed by atoms with Crippen LogP contribution in [0.4, 0.5) is 0 Å². The van der Waals surface area contributed by atoms with Crippen molar-refractivity contribution in [1.82, 2.24) is 5.43 Å². The van der Waals surface area contributed by atoms with Gasteiger partial charge in [0, 0.05) is 16.7 Å². The van der Waals surface area contributed by atoms with Gasteiger partial charge in [0.15, 0.2) is 6.10 Å². The van der Waals surface area contributed by atoms with Crippen molar-refractivity contribution in [3.8, 4) is 5.75 Å². The molecule has 1 amide bonds. The number of hydrogen-bond donors (Lipinski definition) is 1. The van der Waals surface area contributed by atoms with Gasteiger partial charge in [-0.2, -0.15) is 5.10 Å². The minimum atomic E-state index is -0.610. The average molecular weight is 349 g/mol. The van der Waals surface area contributed by atoms with Gasteiger partial charge >= 0.3 is 0 Å². The van der Waals surface area contributed by atoms with Crippen LogP contribution in [0.5, 0.6) is 5.75 Å². The zero-order chi connectivity index (χ0) is 17.3. The molecule has 2 aliphatic rings. The van der Waals surface area contributed by atoms with Crippen molar-refractivity contribution >= 4 is 23.2 Å². The highest BCUT2D eigenvalue weighted by atomic mass is 35.5. The number of benzene rings is 1. The topological polar surface area (TPSA) is 50.7 Å². The predicted molar refractivity (Wildman–Crippen MR) is 96.5 cm³/mol. The van der Waals surface area contributed by atoms with Gasteiger partial charge in [0.1, 0.15) is 5.75 Å². The van der Waals surface area contributed by atoms with E-state index in [2.05, 4.69) is 10.5 Å². The maximum Gasteiger partial charge on any atom is 0.280 e. The lowest BCUT2D eigenvalue weighted by molar-refractivity contribution is -0.127. The summed E-state index contributed by atoms with van der Waals surface area (Å²) in [6, 6.07) is 5.36. The van der Waals surface area contributed by atoms with E-state index in [1.807, 2.05) is 19.9 Å². The quantitative estimate of drug-likeness (QED) is 0.635. The van der Waals surface area contributed by atoms with Crippen molar-refractivity contribution in [3.63, 3.8) is 0 Å². The summed E-state index contributed by atoms with van der Waals surface area (Å²) < 4.78 is 5.73. The molecule has 2 saturated carbocycles. The number of carbonyl (C=O) groups excluding carboxylic acids is 1. The van der Waals surface area contributed by atoms with Crippen LogP contribution in [0.1, 0.15) is 45.1 Å². The van der Waals surface area contributed by atoms with Crippen LogP contribution in [0.25, 0.3) is 0 Å². The number of ether oxygens (including phenoxy) is 1. The third kappa shape index (κ3) is 3.75. The summed E-state index contributed by atoms with van der Waals surface area (Å²) in [5.74, 6) is 2.61. The number of nitrogens with one attached hydrogen (secondary N) is 1. The Labute approximate surface area is 148 Å². The van der Waals surface area contributed by atoms with E-state index in [-0.39, 0.29) is 5.91 Å². The summed E-state index contributed by atoms with van der Waals surface area (Å²) >= 11 is 5.94. The minimum Gasteiger partial charge on any atom is -0.481 e. The van der Waals surface area contributed by atoms with Crippen molar-refractivity contribution in [3.05, 3.63) is 28.8 Å². The zero-order valence-electron chi connectivity index (χ0n) is 14.5. The molecular weight excluding hydrogens is 324 g/mol. The van der Waals surface area contributed by atoms with Gasteiger partial charge in [0.05, 0.1) is 0 Å². The molecule has 0 saturated heterocycles. The molecule has 3 rings (SSSR count). The van der Waals surface area contributed by atoms with E-state index in [0.29, 0.717) is 16.7 Å². The second kappa shape index (κ2) is 7.14. The van der Waals surface area contributed by atoms with Crippen LogP contribution < -0.4 is 10.2 Å². The molecule has 2 fully saturated rings. The molecule has 4 atom stereocenters. The van der Waals surface area contributed by atoms with E-state index in [1.165, 1.54) is 25.7 Å². The summed E-state index contributed by atoms with van der Waals surface area (Å²) in [5, 5.41) is 5.00. The van der Waals surface area contributed by atoms with Gasteiger partial charge in [0.25, 0.3) is 5.91 Å². The van der Waals surface area contributed by atoms with Crippen molar-refractivity contribution in [1.29, 1.82) is 0 Å². The maximum atomic E-state index is 12.2. The van der Waals surface area contributed by atoms with Crippen LogP contribution in [0, 0.1) is 24.7 Å². The first-order valence-corrected chi connectivity index (χ1v) is 9.08. The number of nitrogens with zero attached hydrogens (tertiary/aromatic N) is 1. The first kappa shape index (κ1) is 17.3. The van der Waals surface area contributed by atoms with Gasteiger partial charge in [-0.25, -0.2) is 5.43 Å². The first-order valence-electron chi connectivity index (χ1n) is 8.71. The van der Waals surface area contributed by atoms with E-state index < -0.39 is 6.10 Å².